The average Bonchev–Trinajstić information content (AvgIpc) is 2.65. The van der Waals surface area contributed by atoms with Crippen LogP contribution in [-0.4, -0.2) is 47.3 Å². The molecule has 0 radical (unpaired) electrons. The van der Waals surface area contributed by atoms with Gasteiger partial charge in [-0.15, -0.1) is 0 Å². The third kappa shape index (κ3) is 10.8. The van der Waals surface area contributed by atoms with Crippen LogP contribution in [0.4, 0.5) is 23.7 Å². The van der Waals surface area contributed by atoms with Gasteiger partial charge in [-0.3, -0.25) is 9.59 Å². The average molecular weight is 450 g/mol. The van der Waals surface area contributed by atoms with E-state index in [9.17, 15) is 27.6 Å². The summed E-state index contributed by atoms with van der Waals surface area (Å²) in [6.07, 6.45) is -7.18. The summed E-state index contributed by atoms with van der Waals surface area (Å²) < 4.78 is 36.5. The molecule has 174 valence electrons. The molecule has 2 atom stereocenters. The molecule has 3 amide bonds. The minimum atomic E-state index is -5.08. The number of carboxylic acid groups (broad SMARTS) is 1. The van der Waals surface area contributed by atoms with E-state index in [0.717, 1.165) is 5.56 Å². The Morgan fingerprint density at radius 3 is 1.90 bits per heavy atom. The molecule has 0 fully saturated rings. The van der Waals surface area contributed by atoms with Gasteiger partial charge in [-0.2, -0.15) is 13.2 Å². The van der Waals surface area contributed by atoms with Crippen LogP contribution < -0.4 is 22.1 Å². The number of hydrogen-bond donors (Lipinski definition) is 5. The molecule has 2 unspecified atom stereocenters. The van der Waals surface area contributed by atoms with Crippen molar-refractivity contribution >= 4 is 29.6 Å². The lowest BCUT2D eigenvalue weighted by molar-refractivity contribution is -0.192. The van der Waals surface area contributed by atoms with Crippen LogP contribution in [0.2, 0.25) is 0 Å². The largest absolute Gasteiger partial charge is 0.490 e. The number of primary amides is 1. The van der Waals surface area contributed by atoms with Crippen LogP contribution in [0.1, 0.15) is 26.3 Å². The molecule has 10 nitrogen and oxygen atoms in total. The molecule has 0 bridgehead atoms. The first kappa shape index (κ1) is 27.7. The number of carbonyl (C=O) groups excluding carboxylic acids is 3. The number of anilines is 1. The summed E-state index contributed by atoms with van der Waals surface area (Å²) in [5, 5.41) is 12.3. The number of nitrogens with two attached hydrogens (primary N) is 2. The quantitative estimate of drug-likeness (QED) is 0.417. The summed E-state index contributed by atoms with van der Waals surface area (Å²) in [4.78, 5) is 44.0. The van der Waals surface area contributed by atoms with Crippen molar-refractivity contribution in [2.24, 2.45) is 17.4 Å². The lowest BCUT2D eigenvalue weighted by Gasteiger charge is -2.22. The van der Waals surface area contributed by atoms with E-state index in [1.807, 2.05) is 0 Å². The number of carbonyl (C=O) groups is 4. The van der Waals surface area contributed by atoms with E-state index in [-0.39, 0.29) is 5.92 Å². The first-order chi connectivity index (χ1) is 14.2. The molecule has 7 N–H and O–H groups in total. The second-order valence-corrected chi connectivity index (χ2v) is 6.52. The number of rotatable bonds is 7. The van der Waals surface area contributed by atoms with Gasteiger partial charge in [0.05, 0.1) is 0 Å². The molecule has 31 heavy (non-hydrogen) atoms. The molecule has 1 rings (SSSR count). The van der Waals surface area contributed by atoms with Crippen molar-refractivity contribution in [3.8, 4) is 0 Å². The molecular weight excluding hydrogens is 425 g/mol. The number of nitrogens with one attached hydrogen (secondary N) is 2. The SMILES string of the molecule is CC(NC(=O)C(OC(N)=O)C(C)C)C(=O)Nc1ccc(CN)cc1.O=C(O)C(F)(F)F. The number of amides is 3. The molecule has 0 aliphatic heterocycles. The third-order valence-corrected chi connectivity index (χ3v) is 3.56. The Kier molecular flexibility index (Phi) is 11.0. The maximum atomic E-state index is 12.1. The summed E-state index contributed by atoms with van der Waals surface area (Å²) >= 11 is 0. The maximum absolute atomic E-state index is 12.1. The van der Waals surface area contributed by atoms with Crippen molar-refractivity contribution in [3.05, 3.63) is 29.8 Å². The van der Waals surface area contributed by atoms with Crippen molar-refractivity contribution in [3.63, 3.8) is 0 Å². The molecule has 0 aromatic heterocycles. The number of halogens is 3. The molecule has 0 aliphatic carbocycles. The molecule has 0 spiro atoms. The zero-order valence-corrected chi connectivity index (χ0v) is 17.0. The van der Waals surface area contributed by atoms with E-state index in [2.05, 4.69) is 10.6 Å². The number of ether oxygens (including phenoxy) is 1. The van der Waals surface area contributed by atoms with Crippen LogP contribution in [0.15, 0.2) is 24.3 Å². The van der Waals surface area contributed by atoms with E-state index in [4.69, 9.17) is 26.1 Å². The Morgan fingerprint density at radius 1 is 1.06 bits per heavy atom. The Labute approximate surface area is 176 Å². The van der Waals surface area contributed by atoms with E-state index in [1.54, 1.807) is 38.1 Å². The Hall–Kier alpha value is -3.35. The van der Waals surface area contributed by atoms with Gasteiger partial charge in [-0.25, -0.2) is 9.59 Å². The normalized spacial score (nSPS) is 12.6. The van der Waals surface area contributed by atoms with E-state index >= 15 is 0 Å². The minimum Gasteiger partial charge on any atom is -0.475 e. The topological polar surface area (TPSA) is 174 Å². The fourth-order valence-electron chi connectivity index (χ4n) is 1.95. The first-order valence-corrected chi connectivity index (χ1v) is 8.85. The smallest absolute Gasteiger partial charge is 0.475 e. The highest BCUT2D eigenvalue weighted by Crippen LogP contribution is 2.13. The fourth-order valence-corrected chi connectivity index (χ4v) is 1.95. The van der Waals surface area contributed by atoms with Crippen LogP contribution in [0, 0.1) is 5.92 Å². The van der Waals surface area contributed by atoms with E-state index < -0.39 is 42.2 Å². The molecule has 1 aromatic rings. The van der Waals surface area contributed by atoms with Crippen LogP contribution in [-0.2, 0) is 25.7 Å². The Morgan fingerprint density at radius 2 is 1.55 bits per heavy atom. The standard InChI is InChI=1S/C16H24N4O4.C2HF3O2/c1-9(2)13(24-16(18)23)15(22)19-10(3)14(21)20-12-6-4-11(8-17)5-7-12;3-2(4,5)1(6)7/h4-7,9-10,13H,8,17H2,1-3H3,(H2,18,23)(H,19,22)(H,20,21);(H,6,7). The molecule has 1 aromatic carbocycles. The second-order valence-electron chi connectivity index (χ2n) is 6.52. The van der Waals surface area contributed by atoms with Crippen molar-refractivity contribution in [2.45, 2.75) is 45.6 Å². The Balaban J connectivity index is 0.00000110. The fraction of sp³-hybridized carbons (Fsp3) is 0.444. The van der Waals surface area contributed by atoms with Crippen molar-refractivity contribution in [1.29, 1.82) is 0 Å². The predicted octanol–water partition coefficient (Wildman–Crippen LogP) is 1.34. The van der Waals surface area contributed by atoms with Gasteiger partial charge in [0.15, 0.2) is 6.10 Å². The predicted molar refractivity (Wildman–Crippen MR) is 104 cm³/mol. The summed E-state index contributed by atoms with van der Waals surface area (Å²) in [6.45, 7) is 5.36. The molecule has 0 saturated heterocycles. The van der Waals surface area contributed by atoms with Crippen LogP contribution in [0.5, 0.6) is 0 Å². The number of hydrogen-bond acceptors (Lipinski definition) is 6. The summed E-state index contributed by atoms with van der Waals surface area (Å²) in [7, 11) is 0. The monoisotopic (exact) mass is 450 g/mol. The third-order valence-electron chi connectivity index (χ3n) is 3.56. The highest BCUT2D eigenvalue weighted by Gasteiger charge is 2.38. The van der Waals surface area contributed by atoms with Gasteiger partial charge in [0.2, 0.25) is 5.91 Å². The summed E-state index contributed by atoms with van der Waals surface area (Å²) in [5.41, 5.74) is 12.0. The van der Waals surface area contributed by atoms with Gasteiger partial charge >= 0.3 is 18.2 Å². The zero-order valence-electron chi connectivity index (χ0n) is 17.0. The highest BCUT2D eigenvalue weighted by atomic mass is 19.4. The van der Waals surface area contributed by atoms with Gasteiger partial charge in [-0.05, 0) is 30.5 Å². The molecule has 0 saturated carbocycles. The van der Waals surface area contributed by atoms with Gasteiger partial charge in [0, 0.05) is 12.2 Å². The molecular formula is C18H25F3N4O6. The molecule has 13 heteroatoms. The van der Waals surface area contributed by atoms with Crippen molar-refractivity contribution in [1.82, 2.24) is 5.32 Å². The van der Waals surface area contributed by atoms with Crippen LogP contribution in [0.3, 0.4) is 0 Å². The summed E-state index contributed by atoms with van der Waals surface area (Å²) in [5.74, 6) is -4.01. The Bertz CT molecular complexity index is 769. The number of aliphatic carboxylic acids is 1. The molecule has 0 heterocycles. The zero-order chi connectivity index (χ0) is 24.4. The number of alkyl halides is 3. The highest BCUT2D eigenvalue weighted by molar-refractivity contribution is 5.97. The maximum Gasteiger partial charge on any atom is 0.490 e. The van der Waals surface area contributed by atoms with Gasteiger partial charge in [-0.1, -0.05) is 26.0 Å². The van der Waals surface area contributed by atoms with Gasteiger partial charge < -0.3 is 31.9 Å². The van der Waals surface area contributed by atoms with Crippen molar-refractivity contribution in [2.75, 3.05) is 5.32 Å². The van der Waals surface area contributed by atoms with Crippen LogP contribution in [0.25, 0.3) is 0 Å². The first-order valence-electron chi connectivity index (χ1n) is 8.85. The number of carboxylic acids is 1. The van der Waals surface area contributed by atoms with Crippen molar-refractivity contribution < 1.29 is 42.2 Å². The minimum absolute atomic E-state index is 0.281. The van der Waals surface area contributed by atoms with Crippen LogP contribution >= 0.6 is 0 Å². The number of benzene rings is 1. The summed E-state index contributed by atoms with van der Waals surface area (Å²) in [6, 6.07) is 6.23. The second kappa shape index (κ2) is 12.4. The van der Waals surface area contributed by atoms with E-state index in [0.29, 0.717) is 12.2 Å². The molecule has 0 aliphatic rings. The van der Waals surface area contributed by atoms with E-state index in [1.165, 1.54) is 6.92 Å². The van der Waals surface area contributed by atoms with Gasteiger partial charge in [0.25, 0.3) is 5.91 Å². The lowest BCUT2D eigenvalue weighted by atomic mass is 10.1. The van der Waals surface area contributed by atoms with Gasteiger partial charge in [0.1, 0.15) is 6.04 Å². The lowest BCUT2D eigenvalue weighted by Crippen LogP contribution is -2.49.